The summed E-state index contributed by atoms with van der Waals surface area (Å²) < 4.78 is 33.4. The topological polar surface area (TPSA) is 79.3 Å². The van der Waals surface area contributed by atoms with Gasteiger partial charge in [0.25, 0.3) is 5.91 Å². The molecule has 10 heteroatoms. The Morgan fingerprint density at radius 1 is 1.25 bits per heavy atom. The monoisotopic (exact) mass is 576 g/mol. The fourth-order valence-electron chi connectivity index (χ4n) is 8.89. The van der Waals surface area contributed by atoms with E-state index >= 15 is 8.78 Å². The molecule has 3 saturated carbocycles. The molecule has 5 aliphatic rings. The van der Waals surface area contributed by atoms with Gasteiger partial charge in [-0.1, -0.05) is 36.7 Å². The van der Waals surface area contributed by atoms with Gasteiger partial charge < -0.3 is 5.11 Å². The third-order valence-corrected chi connectivity index (χ3v) is 11.1. The quantitative estimate of drug-likeness (QED) is 0.536. The van der Waals surface area contributed by atoms with Crippen molar-refractivity contribution in [3.8, 4) is 0 Å². The first-order chi connectivity index (χ1) is 18.8. The minimum atomic E-state index is -2.22. The van der Waals surface area contributed by atoms with Gasteiger partial charge in [-0.3, -0.25) is 19.3 Å². The van der Waals surface area contributed by atoms with Gasteiger partial charge >= 0.3 is 0 Å². The lowest BCUT2D eigenvalue weighted by molar-refractivity contribution is -0.281. The van der Waals surface area contributed by atoms with Crippen LogP contribution in [0.25, 0.3) is 0 Å². The molecule has 40 heavy (non-hydrogen) atoms. The summed E-state index contributed by atoms with van der Waals surface area (Å²) in [6, 6.07) is 7.35. The molecule has 0 spiro atoms. The Hall–Kier alpha value is -2.17. The molecule has 1 heterocycles. The van der Waals surface area contributed by atoms with Gasteiger partial charge in [-0.15, -0.1) is 0 Å². The van der Waals surface area contributed by atoms with E-state index in [1.165, 1.54) is 32.4 Å². The number of hydroxylamine groups is 4. The maximum atomic E-state index is 17.6. The van der Waals surface area contributed by atoms with Crippen molar-refractivity contribution in [2.24, 2.45) is 28.6 Å². The molecule has 216 valence electrons. The van der Waals surface area contributed by atoms with Gasteiger partial charge in [-0.2, -0.15) is 5.06 Å². The molecular weight excluding hydrogens is 542 g/mol. The number of hydrogen-bond donors (Lipinski definition) is 1. The number of aliphatic hydroxyl groups excluding tert-OH is 1. The molecular formula is C30H35ClF2N2O5. The van der Waals surface area contributed by atoms with E-state index in [4.69, 9.17) is 21.3 Å². The van der Waals surface area contributed by atoms with E-state index in [-0.39, 0.29) is 30.1 Å². The number of nitrogens with zero attached hydrogens (tertiary/aromatic N) is 2. The van der Waals surface area contributed by atoms with E-state index in [2.05, 4.69) is 0 Å². The van der Waals surface area contributed by atoms with E-state index in [1.54, 1.807) is 24.1 Å². The first-order valence-electron chi connectivity index (χ1n) is 13.8. The Balaban J connectivity index is 1.41. The first-order valence-corrected chi connectivity index (χ1v) is 14.2. The zero-order chi connectivity index (χ0) is 28.8. The molecule has 0 aromatic heterocycles. The van der Waals surface area contributed by atoms with Crippen LogP contribution in [0.5, 0.6) is 0 Å². The van der Waals surface area contributed by atoms with Crippen molar-refractivity contribution >= 4 is 23.3 Å². The Morgan fingerprint density at radius 3 is 2.62 bits per heavy atom. The second-order valence-electron chi connectivity index (χ2n) is 12.6. The minimum absolute atomic E-state index is 0.0686. The molecule has 1 aliphatic heterocycles. The zero-order valence-corrected chi connectivity index (χ0v) is 23.8. The molecule has 1 N–H and O–H groups in total. The van der Waals surface area contributed by atoms with Crippen LogP contribution < -0.4 is 0 Å². The molecule has 7 nitrogen and oxygen atoms in total. The largest absolute Gasteiger partial charge is 0.390 e. The molecule has 9 atom stereocenters. The lowest BCUT2D eigenvalue weighted by Crippen LogP contribution is -2.71. The fraction of sp³-hybridized carbons (Fsp3) is 0.600. The Kier molecular flexibility index (Phi) is 6.41. The van der Waals surface area contributed by atoms with Crippen molar-refractivity contribution in [3.63, 3.8) is 0 Å². The van der Waals surface area contributed by atoms with Crippen molar-refractivity contribution in [2.45, 2.75) is 63.2 Å². The van der Waals surface area contributed by atoms with Crippen LogP contribution in [0, 0.1) is 28.6 Å². The van der Waals surface area contributed by atoms with Crippen LogP contribution >= 0.6 is 11.6 Å². The molecule has 1 saturated heterocycles. The van der Waals surface area contributed by atoms with E-state index in [0.717, 1.165) is 10.6 Å². The van der Waals surface area contributed by atoms with Gasteiger partial charge in [0.1, 0.15) is 6.17 Å². The summed E-state index contributed by atoms with van der Waals surface area (Å²) in [6.07, 6.45) is 0.978. The fourth-order valence-corrected chi connectivity index (χ4v) is 9.01. The third-order valence-electron chi connectivity index (χ3n) is 10.8. The predicted molar refractivity (Wildman–Crippen MR) is 143 cm³/mol. The van der Waals surface area contributed by atoms with E-state index in [1.807, 2.05) is 19.1 Å². The summed E-state index contributed by atoms with van der Waals surface area (Å²) in [4.78, 5) is 38.2. The lowest BCUT2D eigenvalue weighted by Gasteiger charge is -2.63. The molecule has 4 fully saturated rings. The van der Waals surface area contributed by atoms with Gasteiger partial charge in [-0.05, 0) is 67.5 Å². The van der Waals surface area contributed by atoms with Crippen LogP contribution in [0.1, 0.15) is 38.7 Å². The van der Waals surface area contributed by atoms with Gasteiger partial charge in [0, 0.05) is 47.8 Å². The number of allylic oxidation sites excluding steroid dienone is 4. The molecule has 1 amide bonds. The average Bonchev–Trinajstić information content (AvgIpc) is 3.39. The zero-order valence-electron chi connectivity index (χ0n) is 23.1. The second kappa shape index (κ2) is 9.16. The minimum Gasteiger partial charge on any atom is -0.390 e. The Morgan fingerprint density at radius 2 is 1.95 bits per heavy atom. The molecule has 1 aromatic carbocycles. The molecule has 0 bridgehead atoms. The smallest absolute Gasteiger partial charge is 0.281 e. The lowest BCUT2D eigenvalue weighted by atomic mass is 9.44. The van der Waals surface area contributed by atoms with Gasteiger partial charge in [0.15, 0.2) is 17.1 Å². The normalized spacial score (nSPS) is 44.0. The number of aliphatic hydroxyl groups is 1. The highest BCUT2D eigenvalue weighted by Crippen LogP contribution is 2.72. The van der Waals surface area contributed by atoms with Gasteiger partial charge in [0.2, 0.25) is 0 Å². The summed E-state index contributed by atoms with van der Waals surface area (Å²) in [6.45, 7) is 4.24. The molecule has 0 radical (unpaired) electrons. The number of hydrogen-bond acceptors (Lipinski definition) is 6. The number of benzene rings is 1. The number of fused-ring (bicyclic) bond motifs is 7. The van der Waals surface area contributed by atoms with Crippen LogP contribution in [-0.2, 0) is 25.8 Å². The number of rotatable bonds is 4. The van der Waals surface area contributed by atoms with Crippen molar-refractivity contribution in [3.05, 3.63) is 58.7 Å². The number of likely N-dealkylation sites (N-methyl/N-ethyl adjacent to an activating group) is 1. The van der Waals surface area contributed by atoms with Crippen molar-refractivity contribution in [2.75, 3.05) is 20.7 Å². The first kappa shape index (κ1) is 28.0. The Labute approximate surface area is 237 Å². The molecule has 1 aromatic rings. The predicted octanol–water partition coefficient (Wildman–Crippen LogP) is 4.39. The van der Waals surface area contributed by atoms with Crippen LogP contribution in [0.3, 0.4) is 0 Å². The molecule has 0 unspecified atom stereocenters. The standard InChI is InChI=1S/C30H35ClF2N2O5/c1-27-10-9-20(36)12-23(27)24(32)13-22-21-11-18-16-35(15-17-5-7-19(31)8-6-17)40-30(18,26(38)34(3)39-4)28(21,2)14-25(37)29(22,27)33/h5-10,12,18,21-22,24-25,37H,11,13-16H2,1-4H3/t18-,21-,22-,24-,25-,27-,28-,29-,30-/m0/s1. The van der Waals surface area contributed by atoms with E-state index < -0.39 is 52.1 Å². The molecule has 6 rings (SSSR count). The van der Waals surface area contributed by atoms with Crippen LogP contribution in [0.15, 0.2) is 48.1 Å². The third kappa shape index (κ3) is 3.48. The summed E-state index contributed by atoms with van der Waals surface area (Å²) in [7, 11) is 2.90. The maximum absolute atomic E-state index is 17.6. The summed E-state index contributed by atoms with van der Waals surface area (Å²) in [5, 5.41) is 15.2. The van der Waals surface area contributed by atoms with Crippen LogP contribution in [0.4, 0.5) is 8.78 Å². The van der Waals surface area contributed by atoms with Crippen LogP contribution in [-0.4, -0.2) is 71.2 Å². The van der Waals surface area contributed by atoms with Crippen LogP contribution in [0.2, 0.25) is 5.02 Å². The number of carbonyl (C=O) groups is 2. The molecule has 4 aliphatic carbocycles. The number of carbonyl (C=O) groups excluding carboxylic acids is 2. The summed E-state index contributed by atoms with van der Waals surface area (Å²) in [5.74, 6) is -2.50. The number of alkyl halides is 2. The SMILES string of the molecule is CON(C)C(=O)[C@@]12ON(Cc3ccc(Cl)cc3)C[C@@H]1C[C@H]1[C@@H]3C[C@H](F)C4=CC(=O)C=C[C@]4(C)[C@@]3(F)[C@@H](O)C[C@@]12C. The summed E-state index contributed by atoms with van der Waals surface area (Å²) in [5.41, 5.74) is -5.15. The number of halogens is 3. The van der Waals surface area contributed by atoms with Crippen molar-refractivity contribution in [1.29, 1.82) is 0 Å². The van der Waals surface area contributed by atoms with E-state index in [9.17, 15) is 14.7 Å². The maximum Gasteiger partial charge on any atom is 0.281 e. The second-order valence-corrected chi connectivity index (χ2v) is 13.0. The van der Waals surface area contributed by atoms with Crippen molar-refractivity contribution < 1.29 is 33.2 Å². The summed E-state index contributed by atoms with van der Waals surface area (Å²) >= 11 is 6.05. The van der Waals surface area contributed by atoms with Gasteiger partial charge in [0.05, 0.1) is 13.2 Å². The highest BCUT2D eigenvalue weighted by atomic mass is 35.5. The average molecular weight is 577 g/mol. The van der Waals surface area contributed by atoms with E-state index in [0.29, 0.717) is 24.5 Å². The number of amides is 1. The number of ketones is 1. The Bertz CT molecular complexity index is 1310. The highest BCUT2D eigenvalue weighted by molar-refractivity contribution is 6.30. The van der Waals surface area contributed by atoms with Crippen molar-refractivity contribution in [1.82, 2.24) is 10.1 Å². The van der Waals surface area contributed by atoms with Gasteiger partial charge in [-0.25, -0.2) is 13.8 Å². The highest BCUT2D eigenvalue weighted by Gasteiger charge is 2.80.